The largest absolute Gasteiger partial charge is 0.345 e. The Labute approximate surface area is 112 Å². The summed E-state index contributed by atoms with van der Waals surface area (Å²) in [6, 6.07) is 0. The molecule has 0 radical (unpaired) electrons. The molecule has 0 amide bonds. The molecule has 2 rings (SSSR count). The first-order valence-electron chi connectivity index (χ1n) is 7.42. The normalized spacial score (nSPS) is 25.7. The minimum Gasteiger partial charge on any atom is -0.345 e. The maximum absolute atomic E-state index is 4.50. The molecule has 1 aliphatic rings. The van der Waals surface area contributed by atoms with Gasteiger partial charge in [-0.3, -0.25) is 0 Å². The van der Waals surface area contributed by atoms with E-state index < -0.39 is 0 Å². The quantitative estimate of drug-likeness (QED) is 0.796. The fourth-order valence-electron chi connectivity index (χ4n) is 3.12. The molecule has 0 aliphatic heterocycles. The summed E-state index contributed by atoms with van der Waals surface area (Å²) >= 11 is 0. The minimum atomic E-state index is 0.474. The van der Waals surface area contributed by atoms with Crippen LogP contribution in [0.5, 0.6) is 0 Å². The third-order valence-corrected chi connectivity index (χ3v) is 4.55. The summed E-state index contributed by atoms with van der Waals surface area (Å²) in [6.07, 6.45) is 7.44. The monoisotopic (exact) mass is 248 g/mol. The topological polar surface area (TPSA) is 28.7 Å². The van der Waals surface area contributed by atoms with Crippen molar-refractivity contribution in [2.24, 2.45) is 11.3 Å². The Hall–Kier alpha value is -0.790. The maximum atomic E-state index is 4.50. The fourth-order valence-corrected chi connectivity index (χ4v) is 3.12. The van der Waals surface area contributed by atoms with E-state index >= 15 is 0 Å². The van der Waals surface area contributed by atoms with E-state index in [1.165, 1.54) is 31.4 Å². The standard InChI is InChI=1S/C16H28N2/c1-11(2)15-17-10-14(18-15)12-6-8-13(9-7-12)16(3,4)5/h10-13H,6-9H2,1-5H3,(H,17,18). The van der Waals surface area contributed by atoms with Crippen LogP contribution >= 0.6 is 0 Å². The average molecular weight is 248 g/mol. The van der Waals surface area contributed by atoms with Gasteiger partial charge in [-0.05, 0) is 37.0 Å². The molecule has 102 valence electrons. The highest BCUT2D eigenvalue weighted by molar-refractivity contribution is 5.10. The molecule has 1 fully saturated rings. The van der Waals surface area contributed by atoms with Gasteiger partial charge in [0.2, 0.25) is 0 Å². The predicted octanol–water partition coefficient (Wildman–Crippen LogP) is 4.85. The molecule has 1 heterocycles. The third-order valence-electron chi connectivity index (χ3n) is 4.55. The highest BCUT2D eigenvalue weighted by atomic mass is 14.9. The van der Waals surface area contributed by atoms with Crippen molar-refractivity contribution >= 4 is 0 Å². The number of hydrogen-bond donors (Lipinski definition) is 1. The van der Waals surface area contributed by atoms with Crippen LogP contribution in [0.15, 0.2) is 6.20 Å². The van der Waals surface area contributed by atoms with Crippen molar-refractivity contribution in [1.29, 1.82) is 0 Å². The highest BCUT2D eigenvalue weighted by Gasteiger charge is 2.30. The number of imidazole rings is 1. The number of rotatable bonds is 2. The van der Waals surface area contributed by atoms with Crippen molar-refractivity contribution in [2.45, 2.75) is 72.1 Å². The van der Waals surface area contributed by atoms with Crippen LogP contribution in [-0.2, 0) is 0 Å². The van der Waals surface area contributed by atoms with Crippen LogP contribution < -0.4 is 0 Å². The van der Waals surface area contributed by atoms with Gasteiger partial charge in [-0.15, -0.1) is 0 Å². The summed E-state index contributed by atoms with van der Waals surface area (Å²) in [6.45, 7) is 11.5. The molecule has 0 saturated heterocycles. The minimum absolute atomic E-state index is 0.474. The number of aromatic nitrogens is 2. The molecule has 18 heavy (non-hydrogen) atoms. The van der Waals surface area contributed by atoms with Crippen molar-refractivity contribution in [3.63, 3.8) is 0 Å². The number of nitrogens with zero attached hydrogens (tertiary/aromatic N) is 1. The van der Waals surface area contributed by atoms with Gasteiger partial charge >= 0.3 is 0 Å². The Morgan fingerprint density at radius 2 is 1.78 bits per heavy atom. The Morgan fingerprint density at radius 3 is 2.22 bits per heavy atom. The van der Waals surface area contributed by atoms with Crippen LogP contribution in [0.4, 0.5) is 0 Å². The molecule has 1 N–H and O–H groups in total. The highest BCUT2D eigenvalue weighted by Crippen LogP contribution is 2.42. The summed E-state index contributed by atoms with van der Waals surface area (Å²) in [5, 5.41) is 0. The Bertz CT molecular complexity index is 376. The number of aromatic amines is 1. The Balaban J connectivity index is 1.97. The fraction of sp³-hybridized carbons (Fsp3) is 0.812. The van der Waals surface area contributed by atoms with Gasteiger partial charge in [0.15, 0.2) is 0 Å². The first-order chi connectivity index (χ1) is 8.38. The zero-order valence-electron chi connectivity index (χ0n) is 12.6. The van der Waals surface area contributed by atoms with Crippen molar-refractivity contribution in [3.05, 3.63) is 17.7 Å². The summed E-state index contributed by atoms with van der Waals surface area (Å²) in [7, 11) is 0. The van der Waals surface area contributed by atoms with Gasteiger partial charge in [0, 0.05) is 23.7 Å². The molecule has 0 unspecified atom stereocenters. The second-order valence-electron chi connectivity index (χ2n) is 7.29. The first kappa shape index (κ1) is 13.6. The number of H-pyrrole nitrogens is 1. The van der Waals surface area contributed by atoms with E-state index in [0.717, 1.165) is 11.7 Å². The van der Waals surface area contributed by atoms with Gasteiger partial charge in [-0.25, -0.2) is 4.98 Å². The molecular weight excluding hydrogens is 220 g/mol. The van der Waals surface area contributed by atoms with Crippen molar-refractivity contribution in [3.8, 4) is 0 Å². The molecule has 1 aliphatic carbocycles. The molecule has 0 atom stereocenters. The van der Waals surface area contributed by atoms with Gasteiger partial charge < -0.3 is 4.98 Å². The summed E-state index contributed by atoms with van der Waals surface area (Å²) in [5.41, 5.74) is 1.84. The lowest BCUT2D eigenvalue weighted by Crippen LogP contribution is -2.25. The van der Waals surface area contributed by atoms with Gasteiger partial charge in [0.1, 0.15) is 5.82 Å². The second kappa shape index (κ2) is 5.07. The van der Waals surface area contributed by atoms with Crippen molar-refractivity contribution in [2.75, 3.05) is 0 Å². The Morgan fingerprint density at radius 1 is 1.17 bits per heavy atom. The smallest absolute Gasteiger partial charge is 0.108 e. The molecule has 1 saturated carbocycles. The summed E-state index contributed by atoms with van der Waals surface area (Å²) in [5.74, 6) is 3.25. The molecule has 1 aromatic heterocycles. The molecule has 2 heteroatoms. The lowest BCUT2D eigenvalue weighted by molar-refractivity contribution is 0.168. The molecule has 1 aromatic rings. The van der Waals surface area contributed by atoms with E-state index in [0.29, 0.717) is 17.3 Å². The van der Waals surface area contributed by atoms with E-state index in [9.17, 15) is 0 Å². The van der Waals surface area contributed by atoms with E-state index in [2.05, 4.69) is 50.8 Å². The number of nitrogens with one attached hydrogen (secondary N) is 1. The summed E-state index contributed by atoms with van der Waals surface area (Å²) in [4.78, 5) is 8.03. The van der Waals surface area contributed by atoms with E-state index in [-0.39, 0.29) is 0 Å². The van der Waals surface area contributed by atoms with Gasteiger partial charge in [0.05, 0.1) is 0 Å². The van der Waals surface area contributed by atoms with Crippen LogP contribution in [0, 0.1) is 11.3 Å². The average Bonchev–Trinajstić information content (AvgIpc) is 2.77. The van der Waals surface area contributed by atoms with E-state index in [4.69, 9.17) is 0 Å². The lowest BCUT2D eigenvalue weighted by Gasteiger charge is -2.36. The summed E-state index contributed by atoms with van der Waals surface area (Å²) < 4.78 is 0. The molecule has 0 spiro atoms. The Kier molecular flexibility index (Phi) is 3.84. The first-order valence-corrected chi connectivity index (χ1v) is 7.42. The van der Waals surface area contributed by atoms with Crippen molar-refractivity contribution in [1.82, 2.24) is 9.97 Å². The van der Waals surface area contributed by atoms with Gasteiger partial charge in [0.25, 0.3) is 0 Å². The van der Waals surface area contributed by atoms with Gasteiger partial charge in [-0.2, -0.15) is 0 Å². The molecule has 0 aromatic carbocycles. The molecule has 2 nitrogen and oxygen atoms in total. The van der Waals surface area contributed by atoms with Crippen LogP contribution in [-0.4, -0.2) is 9.97 Å². The molecule has 0 bridgehead atoms. The van der Waals surface area contributed by atoms with Gasteiger partial charge in [-0.1, -0.05) is 34.6 Å². The zero-order chi connectivity index (χ0) is 13.3. The molecular formula is C16H28N2. The second-order valence-corrected chi connectivity index (χ2v) is 7.29. The third kappa shape index (κ3) is 2.96. The lowest BCUT2D eigenvalue weighted by atomic mass is 9.69. The van der Waals surface area contributed by atoms with Crippen LogP contribution in [0.1, 0.15) is 83.7 Å². The SMILES string of the molecule is CC(C)c1ncc(C2CCC(C(C)(C)C)CC2)[nH]1. The van der Waals surface area contributed by atoms with Crippen molar-refractivity contribution < 1.29 is 0 Å². The zero-order valence-corrected chi connectivity index (χ0v) is 12.6. The van der Waals surface area contributed by atoms with E-state index in [1.807, 2.05) is 0 Å². The van der Waals surface area contributed by atoms with Crippen LogP contribution in [0.3, 0.4) is 0 Å². The van der Waals surface area contributed by atoms with Crippen LogP contribution in [0.2, 0.25) is 0 Å². The predicted molar refractivity (Wildman–Crippen MR) is 76.8 cm³/mol. The maximum Gasteiger partial charge on any atom is 0.108 e. The number of hydrogen-bond acceptors (Lipinski definition) is 1. The van der Waals surface area contributed by atoms with E-state index in [1.54, 1.807) is 0 Å². The van der Waals surface area contributed by atoms with Crippen LogP contribution in [0.25, 0.3) is 0 Å².